The highest BCUT2D eigenvalue weighted by Crippen LogP contribution is 2.55. The summed E-state index contributed by atoms with van der Waals surface area (Å²) in [4.78, 5) is 28.7. The molecule has 1 aromatic heterocycles. The summed E-state index contributed by atoms with van der Waals surface area (Å²) in [6.07, 6.45) is -5.02. The van der Waals surface area contributed by atoms with Crippen LogP contribution in [0.25, 0.3) is 0 Å². The van der Waals surface area contributed by atoms with Crippen LogP contribution in [0.4, 0.5) is 27.6 Å². The molecule has 3 rings (SSSR count). The predicted octanol–water partition coefficient (Wildman–Crippen LogP) is 3.14. The molecule has 2 heterocycles. The van der Waals surface area contributed by atoms with E-state index in [1.165, 1.54) is 6.92 Å². The fraction of sp³-hybridized carbons (Fsp3) is 0.409. The molecule has 37 heavy (non-hydrogen) atoms. The second-order valence-electron chi connectivity index (χ2n) is 8.57. The summed E-state index contributed by atoms with van der Waals surface area (Å²) in [6.45, 7) is 1.92. The summed E-state index contributed by atoms with van der Waals surface area (Å²) >= 11 is 0. The normalized spacial score (nSPS) is 24.0. The molecule has 4 atom stereocenters. The third kappa shape index (κ3) is 5.51. The molecule has 0 bridgehead atoms. The van der Waals surface area contributed by atoms with Gasteiger partial charge in [-0.15, -0.1) is 0 Å². The zero-order valence-electron chi connectivity index (χ0n) is 19.8. The first kappa shape index (κ1) is 28.2. The maximum absolute atomic E-state index is 14.4. The van der Waals surface area contributed by atoms with Crippen molar-refractivity contribution in [2.75, 3.05) is 18.7 Å². The maximum Gasteiger partial charge on any atom is 0.417 e. The fourth-order valence-electron chi connectivity index (χ4n) is 4.08. The average molecular weight is 551 g/mol. The minimum Gasteiger partial charge on any atom is -0.493 e. The molecule has 0 saturated carbocycles. The van der Waals surface area contributed by atoms with Crippen molar-refractivity contribution in [2.45, 2.75) is 37.6 Å². The molecule has 0 unspecified atom stereocenters. The molecule has 1 aromatic carbocycles. The van der Waals surface area contributed by atoms with Crippen molar-refractivity contribution in [1.29, 1.82) is 0 Å². The number of aromatic nitrogens is 1. The molecule has 0 radical (unpaired) electrons. The Morgan fingerprint density at radius 1 is 1.16 bits per heavy atom. The van der Waals surface area contributed by atoms with Gasteiger partial charge in [0.15, 0.2) is 17.2 Å². The van der Waals surface area contributed by atoms with Gasteiger partial charge in [-0.3, -0.25) is 9.59 Å². The Morgan fingerprint density at radius 2 is 1.81 bits per heavy atom. The SMILES string of the molecule is COc1c([C@H]2[C@H](C(=O)Nc3ccc(C(=O)NS(C)(=O)=O)nc3)O[C@@](C)(C(F)(F)F)[C@H]2C)ccc(F)c1F. The lowest BCUT2D eigenvalue weighted by atomic mass is 9.77. The highest BCUT2D eigenvalue weighted by Gasteiger charge is 2.65. The van der Waals surface area contributed by atoms with Crippen molar-refractivity contribution in [1.82, 2.24) is 9.71 Å². The molecule has 1 fully saturated rings. The number of hydrogen-bond acceptors (Lipinski definition) is 7. The predicted molar refractivity (Wildman–Crippen MR) is 119 cm³/mol. The highest BCUT2D eigenvalue weighted by atomic mass is 32.2. The average Bonchev–Trinajstić information content (AvgIpc) is 3.07. The lowest BCUT2D eigenvalue weighted by Crippen LogP contribution is -2.47. The molecule has 1 aliphatic rings. The van der Waals surface area contributed by atoms with Gasteiger partial charge in [-0.25, -0.2) is 22.5 Å². The molecule has 0 aliphatic carbocycles. The lowest BCUT2D eigenvalue weighted by Gasteiger charge is -2.32. The standard InChI is InChI=1S/C22H22F5N3O6S/c1-10-15(12-6-7-13(23)16(24)17(12)35-3)18(36-21(10,2)22(25,26)27)20(32)29-11-5-8-14(28-9-11)19(31)30-37(4,33)34/h5-10,15,18H,1-4H3,(H,29,32)(H,30,31)/t10-,15-,18+,21+/m0/s1. The number of hydrogen-bond donors (Lipinski definition) is 2. The lowest BCUT2D eigenvalue weighted by molar-refractivity contribution is -0.272. The van der Waals surface area contributed by atoms with E-state index in [1.807, 2.05) is 0 Å². The number of nitrogens with one attached hydrogen (secondary N) is 2. The summed E-state index contributed by atoms with van der Waals surface area (Å²) in [6, 6.07) is 3.98. The Labute approximate surface area is 208 Å². The van der Waals surface area contributed by atoms with Gasteiger partial charge in [0.25, 0.3) is 11.8 Å². The Kier molecular flexibility index (Phi) is 7.52. The van der Waals surface area contributed by atoms with E-state index < -0.39 is 68.9 Å². The Hall–Kier alpha value is -3.33. The number of nitrogens with zero attached hydrogens (tertiary/aromatic N) is 1. The van der Waals surface area contributed by atoms with Gasteiger partial charge >= 0.3 is 6.18 Å². The van der Waals surface area contributed by atoms with Gasteiger partial charge in [0, 0.05) is 17.4 Å². The van der Waals surface area contributed by atoms with Gasteiger partial charge in [0.05, 0.1) is 25.2 Å². The number of anilines is 1. The zero-order chi connectivity index (χ0) is 27.9. The van der Waals surface area contributed by atoms with Crippen LogP contribution in [0.15, 0.2) is 30.5 Å². The van der Waals surface area contributed by atoms with Gasteiger partial charge in [0.2, 0.25) is 15.8 Å². The number of sulfonamides is 1. The molecule has 1 saturated heterocycles. The van der Waals surface area contributed by atoms with Gasteiger partial charge in [-0.1, -0.05) is 13.0 Å². The number of alkyl halides is 3. The summed E-state index contributed by atoms with van der Waals surface area (Å²) in [7, 11) is -2.86. The Morgan fingerprint density at radius 3 is 2.32 bits per heavy atom. The van der Waals surface area contributed by atoms with Crippen LogP contribution in [-0.2, 0) is 19.6 Å². The van der Waals surface area contributed by atoms with E-state index in [1.54, 1.807) is 4.72 Å². The van der Waals surface area contributed by atoms with Crippen molar-refractivity contribution in [2.24, 2.45) is 5.92 Å². The number of amides is 2. The van der Waals surface area contributed by atoms with Crippen molar-refractivity contribution in [3.05, 3.63) is 53.4 Å². The minimum atomic E-state index is -4.93. The van der Waals surface area contributed by atoms with Gasteiger partial charge in [-0.05, 0) is 25.1 Å². The second kappa shape index (κ2) is 9.85. The van der Waals surface area contributed by atoms with Gasteiger partial charge in [0.1, 0.15) is 11.8 Å². The van der Waals surface area contributed by atoms with E-state index in [-0.39, 0.29) is 16.9 Å². The number of pyridine rings is 1. The first-order chi connectivity index (χ1) is 17.0. The van der Waals surface area contributed by atoms with Crippen LogP contribution in [0, 0.1) is 17.6 Å². The summed E-state index contributed by atoms with van der Waals surface area (Å²) in [5.41, 5.74) is -3.41. The number of benzene rings is 1. The fourth-order valence-corrected chi connectivity index (χ4v) is 4.52. The van der Waals surface area contributed by atoms with Gasteiger partial charge < -0.3 is 14.8 Å². The quantitative estimate of drug-likeness (QED) is 0.529. The van der Waals surface area contributed by atoms with Crippen LogP contribution in [0.2, 0.25) is 0 Å². The molecule has 15 heteroatoms. The van der Waals surface area contributed by atoms with Crippen molar-refractivity contribution in [3.8, 4) is 5.75 Å². The Balaban J connectivity index is 1.96. The van der Waals surface area contributed by atoms with Crippen LogP contribution in [-0.4, -0.2) is 56.5 Å². The minimum absolute atomic E-state index is 0.0613. The Bertz CT molecular complexity index is 1320. The molecule has 202 valence electrons. The van der Waals surface area contributed by atoms with Crippen LogP contribution in [0.3, 0.4) is 0 Å². The molecule has 1 aliphatic heterocycles. The first-order valence-electron chi connectivity index (χ1n) is 10.6. The molecular formula is C22H22F5N3O6S. The third-order valence-corrected chi connectivity index (χ3v) is 6.67. The summed E-state index contributed by atoms with van der Waals surface area (Å²) < 4.78 is 104. The van der Waals surface area contributed by atoms with Crippen LogP contribution < -0.4 is 14.8 Å². The second-order valence-corrected chi connectivity index (χ2v) is 10.3. The van der Waals surface area contributed by atoms with E-state index in [0.717, 1.165) is 44.7 Å². The van der Waals surface area contributed by atoms with Crippen molar-refractivity contribution in [3.63, 3.8) is 0 Å². The molecule has 2 aromatic rings. The smallest absolute Gasteiger partial charge is 0.417 e. The first-order valence-corrected chi connectivity index (χ1v) is 12.4. The number of halogens is 5. The van der Waals surface area contributed by atoms with E-state index >= 15 is 0 Å². The van der Waals surface area contributed by atoms with Crippen LogP contribution in [0.1, 0.15) is 35.8 Å². The summed E-state index contributed by atoms with van der Waals surface area (Å²) in [5, 5.41) is 2.32. The largest absolute Gasteiger partial charge is 0.493 e. The maximum atomic E-state index is 14.4. The van der Waals surface area contributed by atoms with E-state index in [9.17, 15) is 40.0 Å². The van der Waals surface area contributed by atoms with E-state index in [4.69, 9.17) is 9.47 Å². The van der Waals surface area contributed by atoms with Crippen LogP contribution in [0.5, 0.6) is 5.75 Å². The number of carbonyl (C=O) groups is 2. The monoisotopic (exact) mass is 551 g/mol. The third-order valence-electron chi connectivity index (χ3n) is 6.11. The van der Waals surface area contributed by atoms with Crippen molar-refractivity contribution < 1.29 is 49.4 Å². The number of rotatable bonds is 6. The number of methoxy groups -OCH3 is 1. The number of ether oxygens (including phenoxy) is 2. The van der Waals surface area contributed by atoms with E-state index in [2.05, 4.69) is 10.3 Å². The molecule has 0 spiro atoms. The molecule has 9 nitrogen and oxygen atoms in total. The molecule has 2 amide bonds. The number of carbonyl (C=O) groups excluding carboxylic acids is 2. The topological polar surface area (TPSA) is 124 Å². The van der Waals surface area contributed by atoms with Gasteiger partial charge in [-0.2, -0.15) is 17.6 Å². The highest BCUT2D eigenvalue weighted by molar-refractivity contribution is 7.89. The van der Waals surface area contributed by atoms with Crippen LogP contribution >= 0.6 is 0 Å². The molecular weight excluding hydrogens is 529 g/mol. The van der Waals surface area contributed by atoms with E-state index in [0.29, 0.717) is 6.07 Å². The molecule has 2 N–H and O–H groups in total. The summed E-state index contributed by atoms with van der Waals surface area (Å²) in [5.74, 6) is -8.34. The zero-order valence-corrected chi connectivity index (χ0v) is 20.6. The van der Waals surface area contributed by atoms with Crippen molar-refractivity contribution >= 4 is 27.5 Å².